The molecule has 0 amide bonds. The van der Waals surface area contributed by atoms with Crippen molar-refractivity contribution in [2.45, 2.75) is 26.7 Å². The number of benzene rings is 1. The minimum atomic E-state index is 0.928. The van der Waals surface area contributed by atoms with E-state index in [1.165, 1.54) is 34.1 Å². The molecule has 0 radical (unpaired) electrons. The van der Waals surface area contributed by atoms with E-state index >= 15 is 0 Å². The summed E-state index contributed by atoms with van der Waals surface area (Å²) in [6.07, 6.45) is 2.81. The third kappa shape index (κ3) is 2.30. The van der Waals surface area contributed by atoms with Gasteiger partial charge in [0, 0.05) is 16.7 Å². The number of nitrogens with one attached hydrogen (secondary N) is 1. The summed E-state index contributed by atoms with van der Waals surface area (Å²) in [5, 5.41) is 3.55. The molecular weight excluding hydrogens is 238 g/mol. The molecule has 14 heavy (non-hydrogen) atoms. The highest BCUT2D eigenvalue weighted by Crippen LogP contribution is 2.31. The number of rotatable bonds is 3. The fourth-order valence-corrected chi connectivity index (χ4v) is 2.44. The van der Waals surface area contributed by atoms with Gasteiger partial charge in [0.05, 0.1) is 0 Å². The molecule has 0 saturated heterocycles. The molecule has 1 nitrogen and oxygen atoms in total. The van der Waals surface area contributed by atoms with Crippen molar-refractivity contribution in [3.8, 4) is 0 Å². The second-order valence-electron chi connectivity index (χ2n) is 4.24. The summed E-state index contributed by atoms with van der Waals surface area (Å²) in [6, 6.07) is 4.34. The highest BCUT2D eigenvalue weighted by Gasteiger charge is 2.21. The van der Waals surface area contributed by atoms with Gasteiger partial charge in [0.2, 0.25) is 0 Å². The van der Waals surface area contributed by atoms with Crippen LogP contribution < -0.4 is 5.32 Å². The molecule has 1 fully saturated rings. The molecule has 1 N–H and O–H groups in total. The molecule has 1 aliphatic rings. The van der Waals surface area contributed by atoms with E-state index in [-0.39, 0.29) is 0 Å². The van der Waals surface area contributed by atoms with Crippen LogP contribution in [0.3, 0.4) is 0 Å². The Morgan fingerprint density at radius 3 is 2.36 bits per heavy atom. The molecule has 1 aromatic carbocycles. The van der Waals surface area contributed by atoms with Crippen molar-refractivity contribution in [3.63, 3.8) is 0 Å². The second kappa shape index (κ2) is 3.93. The van der Waals surface area contributed by atoms with Crippen LogP contribution in [0.25, 0.3) is 0 Å². The van der Waals surface area contributed by atoms with Crippen LogP contribution in [-0.4, -0.2) is 6.54 Å². The monoisotopic (exact) mass is 253 g/mol. The molecule has 76 valence electrons. The van der Waals surface area contributed by atoms with Gasteiger partial charge in [-0.2, -0.15) is 0 Å². The van der Waals surface area contributed by atoms with Crippen LogP contribution in [0, 0.1) is 19.8 Å². The number of anilines is 1. The van der Waals surface area contributed by atoms with Gasteiger partial charge >= 0.3 is 0 Å². The maximum Gasteiger partial charge on any atom is 0.0400 e. The first kappa shape index (κ1) is 10.0. The Morgan fingerprint density at radius 1 is 1.29 bits per heavy atom. The van der Waals surface area contributed by atoms with Crippen LogP contribution in [0.2, 0.25) is 0 Å². The summed E-state index contributed by atoms with van der Waals surface area (Å²) in [6.45, 7) is 5.46. The molecular formula is C12H16BrN. The summed E-state index contributed by atoms with van der Waals surface area (Å²) in [7, 11) is 0. The van der Waals surface area contributed by atoms with E-state index in [2.05, 4.69) is 47.2 Å². The molecule has 0 aliphatic heterocycles. The maximum absolute atomic E-state index is 3.55. The van der Waals surface area contributed by atoms with Gasteiger partial charge in [-0.25, -0.2) is 0 Å². The molecule has 1 aromatic rings. The van der Waals surface area contributed by atoms with E-state index in [1.54, 1.807) is 0 Å². The van der Waals surface area contributed by atoms with Gasteiger partial charge in [0.25, 0.3) is 0 Å². The maximum atomic E-state index is 3.55. The minimum absolute atomic E-state index is 0.928. The Bertz CT molecular complexity index is 319. The molecule has 1 saturated carbocycles. The number of hydrogen-bond donors (Lipinski definition) is 1. The molecule has 0 bridgehead atoms. The Kier molecular flexibility index (Phi) is 2.82. The van der Waals surface area contributed by atoms with Gasteiger partial charge in [-0.05, 0) is 55.9 Å². The molecule has 0 spiro atoms. The average Bonchev–Trinajstić information content (AvgIpc) is 2.85. The predicted molar refractivity (Wildman–Crippen MR) is 64.8 cm³/mol. The number of halogens is 1. The van der Waals surface area contributed by atoms with E-state index in [1.807, 2.05) is 0 Å². The zero-order valence-electron chi connectivity index (χ0n) is 8.73. The summed E-state index contributed by atoms with van der Waals surface area (Å²) < 4.78 is 1.17. The van der Waals surface area contributed by atoms with E-state index in [9.17, 15) is 0 Å². The number of aryl methyl sites for hydroxylation is 2. The zero-order chi connectivity index (χ0) is 10.1. The van der Waals surface area contributed by atoms with Gasteiger partial charge in [-0.1, -0.05) is 15.9 Å². The normalized spacial score (nSPS) is 15.6. The summed E-state index contributed by atoms with van der Waals surface area (Å²) in [5.41, 5.74) is 3.98. The molecule has 0 heterocycles. The Morgan fingerprint density at radius 2 is 1.86 bits per heavy atom. The van der Waals surface area contributed by atoms with Crippen LogP contribution >= 0.6 is 15.9 Å². The van der Waals surface area contributed by atoms with Gasteiger partial charge in [-0.3, -0.25) is 0 Å². The van der Waals surface area contributed by atoms with Crippen LogP contribution in [0.1, 0.15) is 24.0 Å². The Labute approximate surface area is 94.0 Å². The molecule has 0 unspecified atom stereocenters. The predicted octanol–water partition coefficient (Wildman–Crippen LogP) is 3.89. The highest BCUT2D eigenvalue weighted by molar-refractivity contribution is 9.10. The first-order valence-corrected chi connectivity index (χ1v) is 5.96. The summed E-state index contributed by atoms with van der Waals surface area (Å²) >= 11 is 3.51. The third-order valence-corrected chi connectivity index (χ3v) is 3.22. The first-order chi connectivity index (χ1) is 6.66. The lowest BCUT2D eigenvalue weighted by Gasteiger charge is -2.12. The molecule has 2 rings (SSSR count). The van der Waals surface area contributed by atoms with Gasteiger partial charge in [0.15, 0.2) is 0 Å². The molecule has 1 aliphatic carbocycles. The lowest BCUT2D eigenvalue weighted by atomic mass is 10.1. The lowest BCUT2D eigenvalue weighted by molar-refractivity contribution is 0.886. The van der Waals surface area contributed by atoms with Gasteiger partial charge < -0.3 is 5.32 Å². The third-order valence-electron chi connectivity index (χ3n) is 2.76. The fraction of sp³-hybridized carbons (Fsp3) is 0.500. The highest BCUT2D eigenvalue weighted by atomic mass is 79.9. The Balaban J connectivity index is 2.13. The minimum Gasteiger partial charge on any atom is -0.384 e. The van der Waals surface area contributed by atoms with Crippen molar-refractivity contribution < 1.29 is 0 Å². The van der Waals surface area contributed by atoms with E-state index < -0.39 is 0 Å². The Hall–Kier alpha value is -0.500. The van der Waals surface area contributed by atoms with Crippen molar-refractivity contribution in [2.75, 3.05) is 11.9 Å². The van der Waals surface area contributed by atoms with Crippen molar-refractivity contribution in [3.05, 3.63) is 27.7 Å². The van der Waals surface area contributed by atoms with E-state index in [4.69, 9.17) is 0 Å². The molecule has 2 heteroatoms. The zero-order valence-corrected chi connectivity index (χ0v) is 10.3. The van der Waals surface area contributed by atoms with E-state index in [0.717, 1.165) is 12.5 Å². The van der Waals surface area contributed by atoms with Gasteiger partial charge in [-0.15, -0.1) is 0 Å². The van der Waals surface area contributed by atoms with E-state index in [0.29, 0.717) is 0 Å². The van der Waals surface area contributed by atoms with Crippen LogP contribution in [0.5, 0.6) is 0 Å². The first-order valence-electron chi connectivity index (χ1n) is 5.17. The van der Waals surface area contributed by atoms with Crippen molar-refractivity contribution >= 4 is 21.6 Å². The summed E-state index contributed by atoms with van der Waals surface area (Å²) in [5.74, 6) is 0.928. The molecule has 0 atom stereocenters. The second-order valence-corrected chi connectivity index (χ2v) is 5.15. The van der Waals surface area contributed by atoms with Crippen molar-refractivity contribution in [2.24, 2.45) is 5.92 Å². The van der Waals surface area contributed by atoms with Crippen LogP contribution in [-0.2, 0) is 0 Å². The van der Waals surface area contributed by atoms with Crippen LogP contribution in [0.4, 0.5) is 5.69 Å². The van der Waals surface area contributed by atoms with Crippen molar-refractivity contribution in [1.29, 1.82) is 0 Å². The molecule has 0 aromatic heterocycles. The topological polar surface area (TPSA) is 12.0 Å². The van der Waals surface area contributed by atoms with Crippen molar-refractivity contribution in [1.82, 2.24) is 0 Å². The quantitative estimate of drug-likeness (QED) is 0.862. The average molecular weight is 254 g/mol. The smallest absolute Gasteiger partial charge is 0.0400 e. The standard InChI is InChI=1S/C12H16BrN/c1-8-5-11(13)6-9(2)12(8)14-7-10-3-4-10/h5-6,10,14H,3-4,7H2,1-2H3. The SMILES string of the molecule is Cc1cc(Br)cc(C)c1NCC1CC1. The fourth-order valence-electron chi connectivity index (χ4n) is 1.76. The summed E-state index contributed by atoms with van der Waals surface area (Å²) in [4.78, 5) is 0. The largest absolute Gasteiger partial charge is 0.384 e. The van der Waals surface area contributed by atoms with Gasteiger partial charge in [0.1, 0.15) is 0 Å². The van der Waals surface area contributed by atoms with Crippen LogP contribution in [0.15, 0.2) is 16.6 Å². The lowest BCUT2D eigenvalue weighted by Crippen LogP contribution is -2.06. The number of hydrogen-bond acceptors (Lipinski definition) is 1.